The van der Waals surface area contributed by atoms with Gasteiger partial charge in [0.05, 0.1) is 6.04 Å². The summed E-state index contributed by atoms with van der Waals surface area (Å²) in [5.41, 5.74) is 5.89. The average Bonchev–Trinajstić information content (AvgIpc) is 3.02. The number of nitrogens with zero attached hydrogens (tertiary/aromatic N) is 2. The fourth-order valence-electron chi connectivity index (χ4n) is 4.19. The zero-order chi connectivity index (χ0) is 14.8. The second-order valence-electron chi connectivity index (χ2n) is 6.17. The van der Waals surface area contributed by atoms with E-state index in [9.17, 15) is 4.79 Å². The summed E-state index contributed by atoms with van der Waals surface area (Å²) in [6.45, 7) is 3.84. The van der Waals surface area contributed by atoms with Crippen LogP contribution >= 0.6 is 0 Å². The summed E-state index contributed by atoms with van der Waals surface area (Å²) in [6.07, 6.45) is 0. The molecule has 0 saturated heterocycles. The number of benzene rings is 2. The van der Waals surface area contributed by atoms with Crippen molar-refractivity contribution in [2.45, 2.75) is 19.5 Å². The Morgan fingerprint density at radius 2 is 1.77 bits per heavy atom. The Bertz CT molecular complexity index is 938. The monoisotopic (exact) mass is 288 g/mol. The zero-order valence-electron chi connectivity index (χ0n) is 12.4. The number of fused-ring (bicyclic) bond motifs is 7. The van der Waals surface area contributed by atoms with Crippen LogP contribution in [0, 0.1) is 6.92 Å². The van der Waals surface area contributed by atoms with Gasteiger partial charge >= 0.3 is 0 Å². The molecule has 0 aliphatic carbocycles. The minimum Gasteiger partial charge on any atom is -0.340 e. The molecule has 3 heterocycles. The highest BCUT2D eigenvalue weighted by Crippen LogP contribution is 2.44. The number of para-hydroxylation sites is 1. The summed E-state index contributed by atoms with van der Waals surface area (Å²) >= 11 is 0. The van der Waals surface area contributed by atoms with E-state index in [1.807, 2.05) is 23.1 Å². The van der Waals surface area contributed by atoms with Crippen LogP contribution in [0.25, 0.3) is 10.9 Å². The molecule has 2 aliphatic heterocycles. The SMILES string of the molecule is Cc1c2n(c3ccccc13)CCN1C(=O)c3ccccc3C21. The first kappa shape index (κ1) is 12.0. The van der Waals surface area contributed by atoms with Crippen molar-refractivity contribution in [3.05, 3.63) is 70.9 Å². The molecule has 0 radical (unpaired) electrons. The number of hydrogen-bond acceptors (Lipinski definition) is 1. The summed E-state index contributed by atoms with van der Waals surface area (Å²) < 4.78 is 2.40. The van der Waals surface area contributed by atoms with Gasteiger partial charge < -0.3 is 9.47 Å². The van der Waals surface area contributed by atoms with Crippen LogP contribution in [0.1, 0.15) is 33.2 Å². The molecular formula is C19H16N2O. The van der Waals surface area contributed by atoms with Gasteiger partial charge in [-0.1, -0.05) is 36.4 Å². The van der Waals surface area contributed by atoms with Crippen molar-refractivity contribution in [2.24, 2.45) is 0 Å². The molecule has 3 nitrogen and oxygen atoms in total. The van der Waals surface area contributed by atoms with Crippen LogP contribution < -0.4 is 0 Å². The maximum absolute atomic E-state index is 12.7. The minimum atomic E-state index is 0.0739. The van der Waals surface area contributed by atoms with Crippen LogP contribution in [0.3, 0.4) is 0 Å². The standard InChI is InChI=1S/C19H16N2O/c1-12-13-6-4-5-9-16(13)20-10-11-21-18(17(12)20)14-7-2-3-8-15(14)19(21)22/h2-9,18H,10-11H2,1H3. The van der Waals surface area contributed by atoms with E-state index in [0.717, 1.165) is 24.2 Å². The lowest BCUT2D eigenvalue weighted by molar-refractivity contribution is 0.0715. The van der Waals surface area contributed by atoms with Crippen molar-refractivity contribution in [1.29, 1.82) is 0 Å². The predicted molar refractivity (Wildman–Crippen MR) is 86.0 cm³/mol. The molecule has 22 heavy (non-hydrogen) atoms. The molecule has 0 spiro atoms. The van der Waals surface area contributed by atoms with Gasteiger partial charge in [0.15, 0.2) is 0 Å². The molecule has 108 valence electrons. The highest BCUT2D eigenvalue weighted by Gasteiger charge is 2.42. The van der Waals surface area contributed by atoms with E-state index in [1.165, 1.54) is 22.2 Å². The van der Waals surface area contributed by atoms with Gasteiger partial charge in [0.1, 0.15) is 0 Å². The minimum absolute atomic E-state index is 0.0739. The molecule has 0 saturated carbocycles. The smallest absolute Gasteiger partial charge is 0.255 e. The van der Waals surface area contributed by atoms with Gasteiger partial charge in [-0.3, -0.25) is 4.79 Å². The Kier molecular flexibility index (Phi) is 2.19. The van der Waals surface area contributed by atoms with E-state index in [1.54, 1.807) is 0 Å². The highest BCUT2D eigenvalue weighted by molar-refractivity contribution is 6.00. The number of hydrogen-bond donors (Lipinski definition) is 0. The Hall–Kier alpha value is -2.55. The van der Waals surface area contributed by atoms with E-state index in [4.69, 9.17) is 0 Å². The topological polar surface area (TPSA) is 25.2 Å². The van der Waals surface area contributed by atoms with Crippen molar-refractivity contribution >= 4 is 16.8 Å². The average molecular weight is 288 g/mol. The second-order valence-corrected chi connectivity index (χ2v) is 6.17. The van der Waals surface area contributed by atoms with Gasteiger partial charge in [0.25, 0.3) is 5.91 Å². The van der Waals surface area contributed by atoms with Crippen LogP contribution in [0.4, 0.5) is 0 Å². The summed E-state index contributed by atoms with van der Waals surface area (Å²) in [6, 6.07) is 16.7. The zero-order valence-corrected chi connectivity index (χ0v) is 12.4. The fraction of sp³-hybridized carbons (Fsp3) is 0.211. The van der Waals surface area contributed by atoms with E-state index in [2.05, 4.69) is 41.8 Å². The largest absolute Gasteiger partial charge is 0.340 e. The highest BCUT2D eigenvalue weighted by atomic mass is 16.2. The number of aromatic nitrogens is 1. The molecule has 1 aromatic heterocycles. The molecule has 3 aromatic rings. The molecule has 0 bridgehead atoms. The van der Waals surface area contributed by atoms with Gasteiger partial charge in [-0.15, -0.1) is 0 Å². The number of amides is 1. The third kappa shape index (κ3) is 1.29. The maximum Gasteiger partial charge on any atom is 0.255 e. The second kappa shape index (κ2) is 4.01. The lowest BCUT2D eigenvalue weighted by Crippen LogP contribution is -2.37. The third-order valence-corrected chi connectivity index (χ3v) is 5.16. The molecular weight excluding hydrogens is 272 g/mol. The number of rotatable bonds is 0. The van der Waals surface area contributed by atoms with E-state index >= 15 is 0 Å². The molecule has 1 amide bonds. The Morgan fingerprint density at radius 3 is 2.68 bits per heavy atom. The van der Waals surface area contributed by atoms with Crippen molar-refractivity contribution in [3.63, 3.8) is 0 Å². The van der Waals surface area contributed by atoms with Crippen LogP contribution in [-0.4, -0.2) is 21.9 Å². The first-order valence-corrected chi connectivity index (χ1v) is 7.75. The molecule has 2 aromatic carbocycles. The molecule has 1 unspecified atom stereocenters. The van der Waals surface area contributed by atoms with Crippen molar-refractivity contribution in [2.75, 3.05) is 6.54 Å². The summed E-state index contributed by atoms with van der Waals surface area (Å²) in [5, 5.41) is 1.30. The van der Waals surface area contributed by atoms with Gasteiger partial charge in [0.2, 0.25) is 0 Å². The molecule has 2 aliphatic rings. The molecule has 1 atom stereocenters. The van der Waals surface area contributed by atoms with Gasteiger partial charge in [-0.05, 0) is 30.2 Å². The molecule has 0 fully saturated rings. The first-order valence-electron chi connectivity index (χ1n) is 7.75. The summed E-state index contributed by atoms with van der Waals surface area (Å²) in [7, 11) is 0. The number of carbonyl (C=O) groups is 1. The van der Waals surface area contributed by atoms with E-state index in [0.29, 0.717) is 0 Å². The quantitative estimate of drug-likeness (QED) is 0.621. The lowest BCUT2D eigenvalue weighted by atomic mass is 9.98. The Balaban J connectivity index is 1.86. The van der Waals surface area contributed by atoms with Gasteiger partial charge in [0, 0.05) is 35.2 Å². The number of aryl methyl sites for hydroxylation is 1. The first-order chi connectivity index (χ1) is 10.8. The van der Waals surface area contributed by atoms with Crippen LogP contribution in [-0.2, 0) is 6.54 Å². The summed E-state index contributed by atoms with van der Waals surface area (Å²) in [5.74, 6) is 0.177. The van der Waals surface area contributed by atoms with Gasteiger partial charge in [-0.2, -0.15) is 0 Å². The molecule has 5 rings (SSSR count). The van der Waals surface area contributed by atoms with Crippen molar-refractivity contribution in [3.8, 4) is 0 Å². The summed E-state index contributed by atoms with van der Waals surface area (Å²) in [4.78, 5) is 14.7. The molecule has 3 heteroatoms. The number of carbonyl (C=O) groups excluding carboxylic acids is 1. The predicted octanol–water partition coefficient (Wildman–Crippen LogP) is 3.51. The fourth-order valence-corrected chi connectivity index (χ4v) is 4.19. The molecule has 0 N–H and O–H groups in total. The normalized spacial score (nSPS) is 19.2. The van der Waals surface area contributed by atoms with E-state index < -0.39 is 0 Å². The van der Waals surface area contributed by atoms with Crippen LogP contribution in [0.15, 0.2) is 48.5 Å². The van der Waals surface area contributed by atoms with Crippen LogP contribution in [0.5, 0.6) is 0 Å². The van der Waals surface area contributed by atoms with Gasteiger partial charge in [-0.25, -0.2) is 0 Å². The maximum atomic E-state index is 12.7. The third-order valence-electron chi connectivity index (χ3n) is 5.16. The van der Waals surface area contributed by atoms with Crippen LogP contribution in [0.2, 0.25) is 0 Å². The lowest BCUT2D eigenvalue weighted by Gasteiger charge is -2.33. The van der Waals surface area contributed by atoms with Crippen molar-refractivity contribution < 1.29 is 4.79 Å². The Labute approximate surface area is 128 Å². The van der Waals surface area contributed by atoms with Crippen molar-refractivity contribution in [1.82, 2.24) is 9.47 Å². The van der Waals surface area contributed by atoms with E-state index in [-0.39, 0.29) is 11.9 Å². The Morgan fingerprint density at radius 1 is 1.00 bits per heavy atom.